The SMILES string of the molecule is COc1cc([C@H]2/C(=C(\O)c3ccc4c(c3)C[C@H](C)O4)C(=O)C(=O)N2c2nc3ccc(F)cc3s2)ccc1OCc1ccccc1. The molecule has 0 saturated carbocycles. The van der Waals surface area contributed by atoms with Gasteiger partial charge in [0.1, 0.15) is 30.0 Å². The first-order valence-corrected chi connectivity index (χ1v) is 15.1. The summed E-state index contributed by atoms with van der Waals surface area (Å²) < 4.78 is 32.1. The molecule has 2 aliphatic heterocycles. The lowest BCUT2D eigenvalue weighted by Gasteiger charge is -2.24. The number of halogens is 1. The van der Waals surface area contributed by atoms with Gasteiger partial charge in [-0.2, -0.15) is 0 Å². The van der Waals surface area contributed by atoms with E-state index < -0.39 is 23.5 Å². The molecule has 0 bridgehead atoms. The van der Waals surface area contributed by atoms with Crippen molar-refractivity contribution in [3.63, 3.8) is 0 Å². The Labute approximate surface area is 261 Å². The molecule has 1 fully saturated rings. The molecule has 8 nitrogen and oxygen atoms in total. The van der Waals surface area contributed by atoms with Crippen LogP contribution < -0.4 is 19.1 Å². The van der Waals surface area contributed by atoms with Gasteiger partial charge in [-0.25, -0.2) is 9.37 Å². The Morgan fingerprint density at radius 1 is 1.04 bits per heavy atom. The smallest absolute Gasteiger partial charge is 0.301 e. The molecule has 7 rings (SSSR count). The maximum absolute atomic E-state index is 14.0. The highest BCUT2D eigenvalue weighted by Crippen LogP contribution is 2.46. The number of hydrogen-bond donors (Lipinski definition) is 1. The molecule has 5 aromatic rings. The van der Waals surface area contributed by atoms with Gasteiger partial charge < -0.3 is 19.3 Å². The van der Waals surface area contributed by atoms with Gasteiger partial charge in [-0.15, -0.1) is 0 Å². The van der Waals surface area contributed by atoms with Gasteiger partial charge in [-0.1, -0.05) is 47.7 Å². The van der Waals surface area contributed by atoms with Crippen molar-refractivity contribution < 1.29 is 33.3 Å². The van der Waals surface area contributed by atoms with Gasteiger partial charge in [-0.05, 0) is 72.1 Å². The highest BCUT2D eigenvalue weighted by Gasteiger charge is 2.48. The molecule has 4 aromatic carbocycles. The average molecular weight is 623 g/mol. The number of fused-ring (bicyclic) bond motifs is 2. The number of ether oxygens (including phenoxy) is 3. The zero-order valence-electron chi connectivity index (χ0n) is 24.3. The number of rotatable bonds is 7. The van der Waals surface area contributed by atoms with E-state index >= 15 is 0 Å². The van der Waals surface area contributed by atoms with E-state index in [1.165, 1.54) is 30.2 Å². The molecule has 2 aliphatic rings. The number of hydrogen-bond acceptors (Lipinski definition) is 8. The lowest BCUT2D eigenvalue weighted by atomic mass is 9.94. The summed E-state index contributed by atoms with van der Waals surface area (Å²) in [6.45, 7) is 2.26. The van der Waals surface area contributed by atoms with Crippen molar-refractivity contribution in [1.29, 1.82) is 0 Å². The van der Waals surface area contributed by atoms with Gasteiger partial charge in [0.25, 0.3) is 5.78 Å². The maximum Gasteiger partial charge on any atom is 0.301 e. The molecular formula is C35H27FN2O6S. The normalized spacial score (nSPS) is 18.7. The molecule has 1 saturated heterocycles. The molecule has 1 aromatic heterocycles. The molecule has 226 valence electrons. The number of benzene rings is 4. The lowest BCUT2D eigenvalue weighted by molar-refractivity contribution is -0.132. The second-order valence-corrected chi connectivity index (χ2v) is 11.9. The summed E-state index contributed by atoms with van der Waals surface area (Å²) in [6, 6.07) is 23.1. The van der Waals surface area contributed by atoms with Gasteiger partial charge in [-0.3, -0.25) is 14.5 Å². The van der Waals surface area contributed by atoms with Crippen molar-refractivity contribution >= 4 is 44.1 Å². The number of anilines is 1. The number of aliphatic hydroxyl groups excluding tert-OH is 1. The second kappa shape index (κ2) is 11.4. The van der Waals surface area contributed by atoms with E-state index in [0.29, 0.717) is 51.6 Å². The Morgan fingerprint density at radius 3 is 2.67 bits per heavy atom. The summed E-state index contributed by atoms with van der Waals surface area (Å²) in [4.78, 5) is 33.3. The third kappa shape index (κ3) is 5.17. The topological polar surface area (TPSA) is 98.2 Å². The van der Waals surface area contributed by atoms with Crippen molar-refractivity contribution in [2.24, 2.45) is 0 Å². The van der Waals surface area contributed by atoms with Gasteiger partial charge in [0.2, 0.25) is 0 Å². The van der Waals surface area contributed by atoms with Crippen LogP contribution in [0.15, 0.2) is 90.5 Å². The number of thiazole rings is 1. The Bertz CT molecular complexity index is 2010. The first kappa shape index (κ1) is 28.5. The van der Waals surface area contributed by atoms with Gasteiger partial charge in [0.15, 0.2) is 16.6 Å². The zero-order chi connectivity index (χ0) is 31.2. The van der Waals surface area contributed by atoms with Gasteiger partial charge in [0.05, 0.1) is 28.9 Å². The third-order valence-corrected chi connectivity index (χ3v) is 8.92. The fourth-order valence-electron chi connectivity index (χ4n) is 5.77. The van der Waals surface area contributed by atoms with Crippen molar-refractivity contribution in [3.05, 3.63) is 119 Å². The minimum absolute atomic E-state index is 0.0121. The standard InChI is InChI=1S/C35H27FN2O6S/c1-19-14-23-15-22(9-12-26(23)44-19)32(39)30-31(21-8-13-27(28(16-21)42-2)43-18-20-6-4-3-5-7-20)38(34(41)33(30)40)35-37-25-11-10-24(36)17-29(25)45-35/h3-13,15-17,19,31,39H,14,18H2,1-2H3/b32-30+/t19-,31-/m0/s1. The number of aliphatic hydroxyl groups is 1. The Kier molecular flexibility index (Phi) is 7.21. The molecule has 3 heterocycles. The summed E-state index contributed by atoms with van der Waals surface area (Å²) in [6.07, 6.45) is 0.639. The molecular weight excluding hydrogens is 595 g/mol. The fourth-order valence-corrected chi connectivity index (χ4v) is 6.79. The molecule has 0 unspecified atom stereocenters. The molecule has 10 heteroatoms. The Hall–Kier alpha value is -5.22. The number of methoxy groups -OCH3 is 1. The number of Topliss-reactive ketones (excluding diaryl/α,β-unsaturated/α-hetero) is 1. The van der Waals surface area contributed by atoms with Crippen molar-refractivity contribution in [1.82, 2.24) is 4.98 Å². The van der Waals surface area contributed by atoms with E-state index in [9.17, 15) is 19.1 Å². The molecule has 45 heavy (non-hydrogen) atoms. The summed E-state index contributed by atoms with van der Waals surface area (Å²) in [5.74, 6) is -0.928. The average Bonchev–Trinajstić information content (AvgIpc) is 3.71. The van der Waals surface area contributed by atoms with Crippen LogP contribution >= 0.6 is 11.3 Å². The first-order chi connectivity index (χ1) is 21.8. The molecule has 1 N–H and O–H groups in total. The quantitative estimate of drug-likeness (QED) is 0.119. The van der Waals surface area contributed by atoms with E-state index in [0.717, 1.165) is 22.5 Å². The van der Waals surface area contributed by atoms with Crippen LogP contribution in [-0.2, 0) is 22.6 Å². The van der Waals surface area contributed by atoms with Crippen LogP contribution in [0.3, 0.4) is 0 Å². The van der Waals surface area contributed by atoms with Crippen LogP contribution in [0.1, 0.15) is 35.2 Å². The summed E-state index contributed by atoms with van der Waals surface area (Å²) in [5.41, 5.74) is 3.12. The van der Waals surface area contributed by atoms with Crippen molar-refractivity contribution in [2.45, 2.75) is 32.1 Å². The van der Waals surface area contributed by atoms with E-state index in [4.69, 9.17) is 14.2 Å². The summed E-state index contributed by atoms with van der Waals surface area (Å²) in [5, 5.41) is 11.9. The summed E-state index contributed by atoms with van der Waals surface area (Å²) >= 11 is 1.08. The molecule has 0 aliphatic carbocycles. The van der Waals surface area contributed by atoms with Crippen molar-refractivity contribution in [2.75, 3.05) is 12.0 Å². The van der Waals surface area contributed by atoms with Gasteiger partial charge >= 0.3 is 5.91 Å². The maximum atomic E-state index is 14.0. The third-order valence-electron chi connectivity index (χ3n) is 7.90. The highest BCUT2D eigenvalue weighted by atomic mass is 32.1. The Balaban J connectivity index is 1.35. The van der Waals surface area contributed by atoms with Crippen molar-refractivity contribution in [3.8, 4) is 17.2 Å². The summed E-state index contributed by atoms with van der Waals surface area (Å²) in [7, 11) is 1.50. The minimum atomic E-state index is -1.06. The van der Waals surface area contributed by atoms with E-state index in [1.807, 2.05) is 37.3 Å². The fraction of sp³-hybridized carbons (Fsp3) is 0.171. The molecule has 0 radical (unpaired) electrons. The van der Waals surface area contributed by atoms with Crippen LogP contribution in [0.25, 0.3) is 16.0 Å². The monoisotopic (exact) mass is 622 g/mol. The number of carbonyl (C=O) groups excluding carboxylic acids is 2. The van der Waals surface area contributed by atoms with Crippen LogP contribution in [0, 0.1) is 5.82 Å². The van der Waals surface area contributed by atoms with E-state index in [1.54, 1.807) is 36.4 Å². The number of aromatic nitrogens is 1. The first-order valence-electron chi connectivity index (χ1n) is 14.3. The van der Waals surface area contributed by atoms with Crippen LogP contribution in [0.4, 0.5) is 9.52 Å². The van der Waals surface area contributed by atoms with Crippen LogP contribution in [-0.4, -0.2) is 35.0 Å². The largest absolute Gasteiger partial charge is 0.507 e. The minimum Gasteiger partial charge on any atom is -0.507 e. The predicted molar refractivity (Wildman–Crippen MR) is 168 cm³/mol. The van der Waals surface area contributed by atoms with E-state index in [-0.39, 0.29) is 22.6 Å². The highest BCUT2D eigenvalue weighted by molar-refractivity contribution is 7.22. The molecule has 1 amide bonds. The van der Waals surface area contributed by atoms with Gasteiger partial charge in [0, 0.05) is 12.0 Å². The predicted octanol–water partition coefficient (Wildman–Crippen LogP) is 6.97. The van der Waals surface area contributed by atoms with E-state index in [2.05, 4.69) is 4.98 Å². The number of ketones is 1. The number of carbonyl (C=O) groups is 2. The second-order valence-electron chi connectivity index (χ2n) is 10.9. The molecule has 0 spiro atoms. The number of amides is 1. The zero-order valence-corrected chi connectivity index (χ0v) is 25.1. The number of nitrogens with zero attached hydrogens (tertiary/aromatic N) is 2. The van der Waals surface area contributed by atoms with Crippen LogP contribution in [0.2, 0.25) is 0 Å². The lowest BCUT2D eigenvalue weighted by Crippen LogP contribution is -2.29. The molecule has 2 atom stereocenters. The van der Waals surface area contributed by atoms with Crippen LogP contribution in [0.5, 0.6) is 17.2 Å². The Morgan fingerprint density at radius 2 is 1.87 bits per heavy atom.